The van der Waals surface area contributed by atoms with Crippen molar-refractivity contribution in [3.63, 3.8) is 0 Å². The van der Waals surface area contributed by atoms with E-state index in [9.17, 15) is 4.79 Å². The largest absolute Gasteiger partial charge is 0.495 e. The van der Waals surface area contributed by atoms with E-state index in [0.29, 0.717) is 23.4 Å². The van der Waals surface area contributed by atoms with Gasteiger partial charge in [0.05, 0.1) is 12.6 Å². The number of para-hydroxylation sites is 1. The van der Waals surface area contributed by atoms with Gasteiger partial charge in [-0.3, -0.25) is 9.69 Å². The van der Waals surface area contributed by atoms with Crippen LogP contribution >= 0.6 is 47.2 Å². The predicted octanol–water partition coefficient (Wildman–Crippen LogP) is 4.27. The summed E-state index contributed by atoms with van der Waals surface area (Å²) in [6.07, 6.45) is 0. The molecule has 2 aromatic rings. The molecule has 0 radical (unpaired) electrons. The van der Waals surface area contributed by atoms with E-state index in [1.165, 1.54) is 0 Å². The number of nitrogens with zero attached hydrogens (tertiary/aromatic N) is 1. The van der Waals surface area contributed by atoms with Crippen LogP contribution in [0.1, 0.15) is 5.56 Å². The van der Waals surface area contributed by atoms with Crippen LogP contribution in [0.15, 0.2) is 29.1 Å². The van der Waals surface area contributed by atoms with Crippen molar-refractivity contribution in [3.8, 4) is 5.75 Å². The van der Waals surface area contributed by atoms with Gasteiger partial charge < -0.3 is 9.72 Å². The minimum atomic E-state index is -0.0977. The molecule has 0 aliphatic carbocycles. The highest BCUT2D eigenvalue weighted by Crippen LogP contribution is 2.23. The van der Waals surface area contributed by atoms with Crippen molar-refractivity contribution >= 4 is 58.1 Å². The van der Waals surface area contributed by atoms with Gasteiger partial charge in [-0.2, -0.15) is 0 Å². The number of ether oxygens (including phenoxy) is 1. The lowest BCUT2D eigenvalue weighted by Crippen LogP contribution is -2.29. The SMILES string of the molecule is COc1cccc2c(C)cc(=O)[nH]c12.Cl.ClCCN(CCCl)CCCl. The predicted molar refractivity (Wildman–Crippen MR) is 112 cm³/mol. The van der Waals surface area contributed by atoms with Gasteiger partial charge in [0.25, 0.3) is 0 Å². The van der Waals surface area contributed by atoms with E-state index >= 15 is 0 Å². The van der Waals surface area contributed by atoms with Crippen LogP contribution in [0.3, 0.4) is 0 Å². The fraction of sp³-hybridized carbons (Fsp3) is 0.471. The average Bonchev–Trinajstić information content (AvgIpc) is 2.55. The molecule has 2 rings (SSSR count). The summed E-state index contributed by atoms with van der Waals surface area (Å²) in [7, 11) is 1.59. The third-order valence-electron chi connectivity index (χ3n) is 3.47. The molecule has 1 heterocycles. The molecule has 0 fully saturated rings. The molecule has 0 amide bonds. The van der Waals surface area contributed by atoms with Gasteiger partial charge in [0, 0.05) is 48.7 Å². The standard InChI is InChI=1S/C11H11NO2.C6H12Cl3N.ClH/c1-7-6-10(13)12-11-8(7)4-3-5-9(11)14-2;7-1-4-10(5-2-8)6-3-9;/h3-6H,1-2H3,(H,12,13);1-6H2;1H. The smallest absolute Gasteiger partial charge is 0.248 e. The normalized spacial score (nSPS) is 10.2. The van der Waals surface area contributed by atoms with Crippen molar-refractivity contribution in [2.24, 2.45) is 0 Å². The highest BCUT2D eigenvalue weighted by atomic mass is 35.5. The number of nitrogens with one attached hydrogen (secondary N) is 1. The molecule has 25 heavy (non-hydrogen) atoms. The summed E-state index contributed by atoms with van der Waals surface area (Å²) in [5.41, 5.74) is 1.63. The Labute approximate surface area is 169 Å². The average molecular weight is 430 g/mol. The van der Waals surface area contributed by atoms with E-state index in [0.717, 1.165) is 36.1 Å². The van der Waals surface area contributed by atoms with Crippen LogP contribution in [0.4, 0.5) is 0 Å². The lowest BCUT2D eigenvalue weighted by Gasteiger charge is -2.17. The maximum Gasteiger partial charge on any atom is 0.248 e. The van der Waals surface area contributed by atoms with Crippen LogP contribution in [0.25, 0.3) is 10.9 Å². The fourth-order valence-corrected chi connectivity index (χ4v) is 3.00. The molecule has 0 aliphatic rings. The van der Waals surface area contributed by atoms with Crippen LogP contribution in [0, 0.1) is 6.92 Å². The number of aryl methyl sites for hydroxylation is 1. The summed E-state index contributed by atoms with van der Waals surface area (Å²) in [6.45, 7) is 4.54. The number of pyridine rings is 1. The number of fused-ring (bicyclic) bond motifs is 1. The number of hydrogen-bond acceptors (Lipinski definition) is 3. The number of aromatic nitrogens is 1. The lowest BCUT2D eigenvalue weighted by molar-refractivity contribution is 0.327. The molecular weight excluding hydrogens is 406 g/mol. The quantitative estimate of drug-likeness (QED) is 0.668. The minimum absolute atomic E-state index is 0. The molecule has 0 spiro atoms. The third kappa shape index (κ3) is 8.06. The van der Waals surface area contributed by atoms with E-state index in [2.05, 4.69) is 9.88 Å². The monoisotopic (exact) mass is 428 g/mol. The van der Waals surface area contributed by atoms with Crippen molar-refractivity contribution in [2.75, 3.05) is 44.4 Å². The molecule has 0 aliphatic heterocycles. The molecule has 142 valence electrons. The summed E-state index contributed by atoms with van der Waals surface area (Å²) in [4.78, 5) is 16.2. The second kappa shape index (κ2) is 13.5. The Hall–Kier alpha value is -0.650. The number of H-pyrrole nitrogens is 1. The third-order valence-corrected chi connectivity index (χ3v) is 3.98. The summed E-state index contributed by atoms with van der Waals surface area (Å²) in [6, 6.07) is 7.29. The molecule has 0 saturated carbocycles. The number of benzene rings is 1. The van der Waals surface area contributed by atoms with Gasteiger partial charge in [-0.05, 0) is 18.6 Å². The highest BCUT2D eigenvalue weighted by Gasteiger charge is 2.04. The van der Waals surface area contributed by atoms with E-state index in [1.54, 1.807) is 13.2 Å². The number of rotatable bonds is 7. The zero-order chi connectivity index (χ0) is 17.9. The topological polar surface area (TPSA) is 45.3 Å². The van der Waals surface area contributed by atoms with Crippen molar-refractivity contribution in [2.45, 2.75) is 6.92 Å². The first-order valence-electron chi connectivity index (χ1n) is 7.64. The van der Waals surface area contributed by atoms with Gasteiger partial charge in [-0.15, -0.1) is 47.2 Å². The number of alkyl halides is 3. The Morgan fingerprint density at radius 3 is 2.12 bits per heavy atom. The van der Waals surface area contributed by atoms with Crippen LogP contribution in [0.5, 0.6) is 5.75 Å². The second-order valence-electron chi connectivity index (χ2n) is 5.11. The fourth-order valence-electron chi connectivity index (χ4n) is 2.29. The first-order valence-corrected chi connectivity index (χ1v) is 9.24. The van der Waals surface area contributed by atoms with Crippen LogP contribution in [-0.4, -0.2) is 54.3 Å². The molecule has 0 atom stereocenters. The van der Waals surface area contributed by atoms with Gasteiger partial charge in [0.15, 0.2) is 0 Å². The first-order chi connectivity index (χ1) is 11.6. The molecule has 1 N–H and O–H groups in total. The molecule has 0 bridgehead atoms. The summed E-state index contributed by atoms with van der Waals surface area (Å²) in [5, 5.41) is 1.02. The lowest BCUT2D eigenvalue weighted by atomic mass is 10.1. The van der Waals surface area contributed by atoms with Crippen molar-refractivity contribution < 1.29 is 4.74 Å². The van der Waals surface area contributed by atoms with Crippen molar-refractivity contribution in [3.05, 3.63) is 40.2 Å². The molecule has 1 aromatic carbocycles. The summed E-state index contributed by atoms with van der Waals surface area (Å²) >= 11 is 16.6. The Balaban J connectivity index is 0.000000471. The Morgan fingerprint density at radius 1 is 1.08 bits per heavy atom. The Bertz CT molecular complexity index is 665. The summed E-state index contributed by atoms with van der Waals surface area (Å²) < 4.78 is 5.17. The van der Waals surface area contributed by atoms with Crippen molar-refractivity contribution in [1.29, 1.82) is 0 Å². The van der Waals surface area contributed by atoms with Gasteiger partial charge >= 0.3 is 0 Å². The van der Waals surface area contributed by atoms with E-state index in [-0.39, 0.29) is 18.0 Å². The van der Waals surface area contributed by atoms with Crippen LogP contribution < -0.4 is 10.3 Å². The van der Waals surface area contributed by atoms with Gasteiger partial charge in [-0.25, -0.2) is 0 Å². The zero-order valence-corrected chi connectivity index (χ0v) is 17.4. The van der Waals surface area contributed by atoms with Crippen LogP contribution in [-0.2, 0) is 0 Å². The molecule has 0 unspecified atom stereocenters. The van der Waals surface area contributed by atoms with Gasteiger partial charge in [-0.1, -0.05) is 12.1 Å². The Kier molecular flexibility index (Phi) is 13.2. The van der Waals surface area contributed by atoms with Gasteiger partial charge in [0.1, 0.15) is 5.75 Å². The summed E-state index contributed by atoms with van der Waals surface area (Å²) in [5.74, 6) is 2.64. The molecule has 0 saturated heterocycles. The minimum Gasteiger partial charge on any atom is -0.495 e. The number of hydrogen-bond donors (Lipinski definition) is 1. The molecule has 8 heteroatoms. The number of aromatic amines is 1. The van der Waals surface area contributed by atoms with Crippen LogP contribution in [0.2, 0.25) is 0 Å². The van der Waals surface area contributed by atoms with E-state index in [4.69, 9.17) is 39.5 Å². The Morgan fingerprint density at radius 2 is 1.64 bits per heavy atom. The van der Waals surface area contributed by atoms with Gasteiger partial charge in [0.2, 0.25) is 5.56 Å². The maximum atomic E-state index is 11.3. The first kappa shape index (κ1) is 24.4. The molecule has 1 aromatic heterocycles. The van der Waals surface area contributed by atoms with Crippen molar-refractivity contribution in [1.82, 2.24) is 9.88 Å². The number of methoxy groups -OCH3 is 1. The molecule has 4 nitrogen and oxygen atoms in total. The van der Waals surface area contributed by atoms with E-state index in [1.807, 2.05) is 25.1 Å². The maximum absolute atomic E-state index is 11.3. The zero-order valence-electron chi connectivity index (χ0n) is 14.4. The highest BCUT2D eigenvalue weighted by molar-refractivity contribution is 6.18. The molecular formula is C17H24Cl4N2O2. The van der Waals surface area contributed by atoms with E-state index < -0.39 is 0 Å². The second-order valence-corrected chi connectivity index (χ2v) is 6.24. The number of halogens is 4.